The van der Waals surface area contributed by atoms with Crippen LogP contribution in [0.5, 0.6) is 0 Å². The van der Waals surface area contributed by atoms with E-state index >= 15 is 0 Å². The summed E-state index contributed by atoms with van der Waals surface area (Å²) in [5.41, 5.74) is 0. The molecule has 3 nitrogen and oxygen atoms in total. The van der Waals surface area contributed by atoms with Crippen molar-refractivity contribution in [1.82, 2.24) is 10.2 Å². The van der Waals surface area contributed by atoms with Crippen molar-refractivity contribution in [2.75, 3.05) is 26.2 Å². The summed E-state index contributed by atoms with van der Waals surface area (Å²) >= 11 is 0. The second-order valence-corrected chi connectivity index (χ2v) is 5.76. The van der Waals surface area contributed by atoms with Crippen LogP contribution in [-0.4, -0.2) is 48.3 Å². The van der Waals surface area contributed by atoms with Gasteiger partial charge in [0, 0.05) is 19.1 Å². The molecule has 0 heterocycles. The summed E-state index contributed by atoms with van der Waals surface area (Å²) < 4.78 is 0. The molecule has 0 aromatic rings. The molecule has 1 aliphatic rings. The number of likely N-dealkylation sites (N-methyl/N-ethyl adjacent to an activating group) is 1. The molecular weight excluding hydrogens is 224 g/mol. The highest BCUT2D eigenvalue weighted by Gasteiger charge is 2.31. The Kier molecular flexibility index (Phi) is 7.20. The average Bonchev–Trinajstić information content (AvgIpc) is 2.74. The molecule has 3 heteroatoms. The number of nitrogens with zero attached hydrogens (tertiary/aromatic N) is 1. The molecule has 0 aliphatic heterocycles. The van der Waals surface area contributed by atoms with Gasteiger partial charge in [0.15, 0.2) is 0 Å². The number of aliphatic hydroxyl groups excluding tert-OH is 1. The zero-order chi connectivity index (χ0) is 13.5. The van der Waals surface area contributed by atoms with Crippen molar-refractivity contribution in [3.63, 3.8) is 0 Å². The molecule has 1 saturated carbocycles. The predicted octanol–water partition coefficient (Wildman–Crippen LogP) is 2.10. The smallest absolute Gasteiger partial charge is 0.0791 e. The zero-order valence-electron chi connectivity index (χ0n) is 12.7. The summed E-state index contributed by atoms with van der Waals surface area (Å²) in [6.45, 7) is 12.5. The van der Waals surface area contributed by atoms with Gasteiger partial charge in [-0.1, -0.05) is 34.1 Å². The fourth-order valence-electron chi connectivity index (χ4n) is 3.24. The predicted molar refractivity (Wildman–Crippen MR) is 77.8 cm³/mol. The maximum Gasteiger partial charge on any atom is 0.0791 e. The molecule has 0 amide bonds. The Morgan fingerprint density at radius 1 is 1.22 bits per heavy atom. The van der Waals surface area contributed by atoms with Crippen molar-refractivity contribution in [3.8, 4) is 0 Å². The van der Waals surface area contributed by atoms with E-state index in [-0.39, 0.29) is 6.10 Å². The lowest BCUT2D eigenvalue weighted by molar-refractivity contribution is 0.112. The van der Waals surface area contributed by atoms with Gasteiger partial charge in [0.1, 0.15) is 0 Å². The quantitative estimate of drug-likeness (QED) is 0.698. The number of nitrogens with one attached hydrogen (secondary N) is 1. The lowest BCUT2D eigenvalue weighted by atomic mass is 9.93. The Morgan fingerprint density at radius 2 is 1.89 bits per heavy atom. The van der Waals surface area contributed by atoms with Gasteiger partial charge in [-0.2, -0.15) is 0 Å². The topological polar surface area (TPSA) is 35.5 Å². The van der Waals surface area contributed by atoms with Crippen LogP contribution in [0.25, 0.3) is 0 Å². The van der Waals surface area contributed by atoms with Crippen LogP contribution >= 0.6 is 0 Å². The Morgan fingerprint density at radius 3 is 2.39 bits per heavy atom. The van der Waals surface area contributed by atoms with Gasteiger partial charge in [-0.05, 0) is 37.8 Å². The number of aliphatic hydroxyl groups is 1. The highest BCUT2D eigenvalue weighted by atomic mass is 16.3. The van der Waals surface area contributed by atoms with E-state index in [9.17, 15) is 5.11 Å². The van der Waals surface area contributed by atoms with Crippen molar-refractivity contribution < 1.29 is 5.11 Å². The minimum absolute atomic E-state index is 0.238. The molecule has 0 aromatic heterocycles. The van der Waals surface area contributed by atoms with Crippen LogP contribution in [0.3, 0.4) is 0 Å². The highest BCUT2D eigenvalue weighted by molar-refractivity contribution is 4.86. The third kappa shape index (κ3) is 4.52. The molecule has 1 rings (SSSR count). The lowest BCUT2D eigenvalue weighted by Crippen LogP contribution is -2.42. The maximum absolute atomic E-state index is 10.0. The highest BCUT2D eigenvalue weighted by Crippen LogP contribution is 2.33. The van der Waals surface area contributed by atoms with E-state index in [1.807, 2.05) is 0 Å². The van der Waals surface area contributed by atoms with E-state index in [2.05, 4.69) is 37.9 Å². The van der Waals surface area contributed by atoms with Gasteiger partial charge >= 0.3 is 0 Å². The Bertz CT molecular complexity index is 219. The molecule has 0 radical (unpaired) electrons. The van der Waals surface area contributed by atoms with Crippen molar-refractivity contribution in [2.24, 2.45) is 11.8 Å². The third-order valence-electron chi connectivity index (χ3n) is 4.73. The fourth-order valence-corrected chi connectivity index (χ4v) is 3.24. The molecule has 108 valence electrons. The molecule has 4 atom stereocenters. The van der Waals surface area contributed by atoms with Gasteiger partial charge in [-0.25, -0.2) is 0 Å². The van der Waals surface area contributed by atoms with Gasteiger partial charge in [0.2, 0.25) is 0 Å². The Hall–Kier alpha value is -0.120. The summed E-state index contributed by atoms with van der Waals surface area (Å²) in [6.07, 6.45) is 3.68. The molecule has 18 heavy (non-hydrogen) atoms. The van der Waals surface area contributed by atoms with Crippen LogP contribution in [0.4, 0.5) is 0 Å². The summed E-state index contributed by atoms with van der Waals surface area (Å²) in [7, 11) is 0. The second-order valence-electron chi connectivity index (χ2n) is 5.76. The van der Waals surface area contributed by atoms with Crippen molar-refractivity contribution in [3.05, 3.63) is 0 Å². The number of hydrogen-bond acceptors (Lipinski definition) is 3. The van der Waals surface area contributed by atoms with Crippen LogP contribution < -0.4 is 5.32 Å². The van der Waals surface area contributed by atoms with Gasteiger partial charge in [0.25, 0.3) is 0 Å². The second kappa shape index (κ2) is 8.13. The molecule has 0 bridgehead atoms. The van der Waals surface area contributed by atoms with Crippen LogP contribution in [0.1, 0.15) is 47.0 Å². The first-order valence-electron chi connectivity index (χ1n) is 7.76. The largest absolute Gasteiger partial charge is 0.390 e. The van der Waals surface area contributed by atoms with Crippen molar-refractivity contribution >= 4 is 0 Å². The van der Waals surface area contributed by atoms with E-state index in [0.29, 0.717) is 6.04 Å². The molecule has 0 spiro atoms. The van der Waals surface area contributed by atoms with E-state index in [0.717, 1.165) is 38.0 Å². The number of rotatable bonds is 8. The minimum atomic E-state index is -0.238. The first kappa shape index (κ1) is 15.9. The van der Waals surface area contributed by atoms with Crippen LogP contribution in [0.2, 0.25) is 0 Å². The van der Waals surface area contributed by atoms with Crippen molar-refractivity contribution in [1.29, 1.82) is 0 Å². The molecule has 1 aliphatic carbocycles. The average molecular weight is 256 g/mol. The summed E-state index contributed by atoms with van der Waals surface area (Å²) in [6, 6.07) is 0.612. The summed E-state index contributed by atoms with van der Waals surface area (Å²) in [5.74, 6) is 1.64. The van der Waals surface area contributed by atoms with Gasteiger partial charge in [-0.3, -0.25) is 0 Å². The van der Waals surface area contributed by atoms with Gasteiger partial charge < -0.3 is 15.3 Å². The Labute approximate surface area is 113 Å². The zero-order valence-corrected chi connectivity index (χ0v) is 12.7. The van der Waals surface area contributed by atoms with Crippen LogP contribution in [-0.2, 0) is 0 Å². The molecule has 0 saturated heterocycles. The van der Waals surface area contributed by atoms with E-state index in [4.69, 9.17) is 0 Å². The fraction of sp³-hybridized carbons (Fsp3) is 1.00. The SMILES string of the molecule is CCC1CCC(NCC(O)CN(CC)CC)C1C. The van der Waals surface area contributed by atoms with Crippen molar-refractivity contribution in [2.45, 2.75) is 59.1 Å². The first-order chi connectivity index (χ1) is 8.62. The molecule has 4 unspecified atom stereocenters. The van der Waals surface area contributed by atoms with E-state index < -0.39 is 0 Å². The first-order valence-corrected chi connectivity index (χ1v) is 7.76. The minimum Gasteiger partial charge on any atom is -0.390 e. The summed E-state index contributed by atoms with van der Waals surface area (Å²) in [4.78, 5) is 2.28. The lowest BCUT2D eigenvalue weighted by Gasteiger charge is -2.25. The summed E-state index contributed by atoms with van der Waals surface area (Å²) in [5, 5.41) is 13.6. The van der Waals surface area contributed by atoms with Crippen LogP contribution in [0, 0.1) is 11.8 Å². The van der Waals surface area contributed by atoms with E-state index in [1.165, 1.54) is 19.3 Å². The molecular formula is C15H32N2O. The van der Waals surface area contributed by atoms with Gasteiger partial charge in [-0.15, -0.1) is 0 Å². The maximum atomic E-state index is 10.0. The normalized spacial score (nSPS) is 30.0. The number of hydrogen-bond donors (Lipinski definition) is 2. The standard InChI is InChI=1S/C15H32N2O/c1-5-13-8-9-15(12(13)4)16-10-14(18)11-17(6-2)7-3/h12-16,18H,5-11H2,1-4H3. The third-order valence-corrected chi connectivity index (χ3v) is 4.73. The van der Waals surface area contributed by atoms with Crippen LogP contribution in [0.15, 0.2) is 0 Å². The molecule has 2 N–H and O–H groups in total. The monoisotopic (exact) mass is 256 g/mol. The van der Waals surface area contributed by atoms with E-state index in [1.54, 1.807) is 0 Å². The Balaban J connectivity index is 2.24. The molecule has 0 aromatic carbocycles. The van der Waals surface area contributed by atoms with Gasteiger partial charge in [0.05, 0.1) is 6.10 Å². The molecule has 1 fully saturated rings.